The number of carbonyl (C=O) groups excluding carboxylic acids is 1. The number of carbonyl (C=O) groups is 1. The largest absolute Gasteiger partial charge is 0.439 e. The molecule has 1 aliphatic heterocycles. The molecular formula is C22H21N3O2. The van der Waals surface area contributed by atoms with E-state index in [0.29, 0.717) is 17.5 Å². The highest BCUT2D eigenvalue weighted by Crippen LogP contribution is 2.32. The van der Waals surface area contributed by atoms with E-state index in [9.17, 15) is 4.79 Å². The minimum Gasteiger partial charge on any atom is -0.439 e. The number of nitrogens with zero attached hydrogens (tertiary/aromatic N) is 1. The number of nitrogens with one attached hydrogen (secondary N) is 1. The van der Waals surface area contributed by atoms with Gasteiger partial charge in [-0.1, -0.05) is 36.4 Å². The van der Waals surface area contributed by atoms with Gasteiger partial charge in [-0.3, -0.25) is 4.79 Å². The van der Waals surface area contributed by atoms with Crippen molar-refractivity contribution in [1.82, 2.24) is 10.3 Å². The molecule has 27 heavy (non-hydrogen) atoms. The standard InChI is InChI=1S/C22H21N3O2/c23-22(26)16-7-11-21(25-13-16)27-18-8-9-19-17(12-18)14-24-20(19)10-6-15-4-2-1-3-5-15/h1-5,7-9,11-13,20,24H,6,10,14H2,(H2,23,26). The fourth-order valence-corrected chi connectivity index (χ4v) is 3.40. The second kappa shape index (κ2) is 7.60. The molecule has 2 heterocycles. The van der Waals surface area contributed by atoms with Gasteiger partial charge in [0.25, 0.3) is 0 Å². The third kappa shape index (κ3) is 3.99. The monoisotopic (exact) mass is 359 g/mol. The van der Waals surface area contributed by atoms with Crippen LogP contribution in [-0.2, 0) is 13.0 Å². The maximum atomic E-state index is 11.1. The highest BCUT2D eigenvalue weighted by atomic mass is 16.5. The number of ether oxygens (including phenoxy) is 1. The van der Waals surface area contributed by atoms with Crippen LogP contribution < -0.4 is 15.8 Å². The average molecular weight is 359 g/mol. The maximum Gasteiger partial charge on any atom is 0.250 e. The summed E-state index contributed by atoms with van der Waals surface area (Å²) in [7, 11) is 0. The number of amides is 1. The van der Waals surface area contributed by atoms with Gasteiger partial charge in [0.05, 0.1) is 5.56 Å². The Bertz CT molecular complexity index is 940. The van der Waals surface area contributed by atoms with Crippen LogP contribution in [0, 0.1) is 0 Å². The molecule has 0 spiro atoms. The van der Waals surface area contributed by atoms with Crippen molar-refractivity contribution in [2.45, 2.75) is 25.4 Å². The van der Waals surface area contributed by atoms with E-state index < -0.39 is 5.91 Å². The number of hydrogen-bond acceptors (Lipinski definition) is 4. The summed E-state index contributed by atoms with van der Waals surface area (Å²) in [6, 6.07) is 20.3. The van der Waals surface area contributed by atoms with Crippen LogP contribution in [0.25, 0.3) is 0 Å². The van der Waals surface area contributed by atoms with E-state index in [4.69, 9.17) is 10.5 Å². The van der Waals surface area contributed by atoms with Crippen LogP contribution in [0.4, 0.5) is 0 Å². The van der Waals surface area contributed by atoms with Gasteiger partial charge in [-0.25, -0.2) is 4.98 Å². The summed E-state index contributed by atoms with van der Waals surface area (Å²) >= 11 is 0. The molecule has 0 bridgehead atoms. The summed E-state index contributed by atoms with van der Waals surface area (Å²) in [5.41, 5.74) is 9.53. The number of pyridine rings is 1. The summed E-state index contributed by atoms with van der Waals surface area (Å²) in [5, 5.41) is 3.58. The van der Waals surface area contributed by atoms with E-state index in [1.54, 1.807) is 12.1 Å². The lowest BCUT2D eigenvalue weighted by Gasteiger charge is -2.13. The second-order valence-electron chi connectivity index (χ2n) is 6.67. The Balaban J connectivity index is 1.42. The second-order valence-corrected chi connectivity index (χ2v) is 6.67. The summed E-state index contributed by atoms with van der Waals surface area (Å²) in [6.45, 7) is 0.833. The van der Waals surface area contributed by atoms with Crippen LogP contribution in [0.1, 0.15) is 39.5 Å². The predicted molar refractivity (Wildman–Crippen MR) is 104 cm³/mol. The van der Waals surface area contributed by atoms with Crippen molar-refractivity contribution < 1.29 is 9.53 Å². The van der Waals surface area contributed by atoms with Crippen molar-refractivity contribution in [1.29, 1.82) is 0 Å². The zero-order chi connectivity index (χ0) is 18.6. The van der Waals surface area contributed by atoms with Gasteiger partial charge in [0.15, 0.2) is 0 Å². The molecule has 136 valence electrons. The van der Waals surface area contributed by atoms with Crippen LogP contribution in [0.15, 0.2) is 66.9 Å². The molecule has 3 N–H and O–H groups in total. The number of hydrogen-bond donors (Lipinski definition) is 2. The van der Waals surface area contributed by atoms with Crippen LogP contribution in [0.5, 0.6) is 11.6 Å². The molecule has 2 aromatic carbocycles. The molecular weight excluding hydrogens is 338 g/mol. The molecule has 4 rings (SSSR count). The van der Waals surface area contributed by atoms with E-state index in [0.717, 1.165) is 25.1 Å². The van der Waals surface area contributed by atoms with E-state index in [-0.39, 0.29) is 0 Å². The molecule has 0 aliphatic carbocycles. The first-order valence-corrected chi connectivity index (χ1v) is 9.03. The summed E-state index contributed by atoms with van der Waals surface area (Å²) in [5.74, 6) is 0.671. The molecule has 0 saturated carbocycles. The molecule has 1 unspecified atom stereocenters. The summed E-state index contributed by atoms with van der Waals surface area (Å²) in [6.07, 6.45) is 3.53. The Morgan fingerprint density at radius 3 is 2.74 bits per heavy atom. The lowest BCUT2D eigenvalue weighted by molar-refractivity contribution is 0.1000. The quantitative estimate of drug-likeness (QED) is 0.703. The topological polar surface area (TPSA) is 77.2 Å². The number of benzene rings is 2. The van der Waals surface area contributed by atoms with Crippen molar-refractivity contribution in [2.24, 2.45) is 5.73 Å². The molecule has 5 heteroatoms. The highest BCUT2D eigenvalue weighted by molar-refractivity contribution is 5.92. The fraction of sp³-hybridized carbons (Fsp3) is 0.182. The lowest BCUT2D eigenvalue weighted by Crippen LogP contribution is -2.12. The minimum absolute atomic E-state index is 0.363. The van der Waals surface area contributed by atoms with Crippen LogP contribution in [-0.4, -0.2) is 10.9 Å². The molecule has 1 aromatic heterocycles. The predicted octanol–water partition coefficient (Wildman–Crippen LogP) is 3.75. The molecule has 0 saturated heterocycles. The molecule has 1 aliphatic rings. The van der Waals surface area contributed by atoms with E-state index >= 15 is 0 Å². The minimum atomic E-state index is -0.501. The van der Waals surface area contributed by atoms with Crippen molar-refractivity contribution in [3.8, 4) is 11.6 Å². The van der Waals surface area contributed by atoms with Crippen LogP contribution in [0.3, 0.4) is 0 Å². The molecule has 1 atom stereocenters. The average Bonchev–Trinajstić information content (AvgIpc) is 3.10. The van der Waals surface area contributed by atoms with E-state index in [1.807, 2.05) is 12.1 Å². The maximum absolute atomic E-state index is 11.1. The van der Waals surface area contributed by atoms with Crippen molar-refractivity contribution in [3.63, 3.8) is 0 Å². The number of fused-ring (bicyclic) bond motifs is 1. The number of aromatic nitrogens is 1. The van der Waals surface area contributed by atoms with Gasteiger partial charge in [-0.05, 0) is 47.7 Å². The van der Waals surface area contributed by atoms with Gasteiger partial charge in [0.1, 0.15) is 5.75 Å². The van der Waals surface area contributed by atoms with Gasteiger partial charge >= 0.3 is 0 Å². The third-order valence-corrected chi connectivity index (χ3v) is 4.84. The van der Waals surface area contributed by atoms with E-state index in [2.05, 4.69) is 46.7 Å². The number of nitrogens with two attached hydrogens (primary N) is 1. The molecule has 0 fully saturated rings. The van der Waals surface area contributed by atoms with Gasteiger partial charge in [0.2, 0.25) is 11.8 Å². The molecule has 5 nitrogen and oxygen atoms in total. The Labute approximate surface area is 158 Å². The first-order chi connectivity index (χ1) is 13.2. The number of rotatable bonds is 6. The van der Waals surface area contributed by atoms with Gasteiger partial charge in [0, 0.05) is 24.8 Å². The Kier molecular flexibility index (Phi) is 4.85. The Morgan fingerprint density at radius 1 is 1.15 bits per heavy atom. The summed E-state index contributed by atoms with van der Waals surface area (Å²) in [4.78, 5) is 15.2. The van der Waals surface area contributed by atoms with Crippen LogP contribution >= 0.6 is 0 Å². The van der Waals surface area contributed by atoms with Gasteiger partial charge in [-0.2, -0.15) is 0 Å². The zero-order valence-corrected chi connectivity index (χ0v) is 14.9. The highest BCUT2D eigenvalue weighted by Gasteiger charge is 2.22. The van der Waals surface area contributed by atoms with E-state index in [1.165, 1.54) is 22.9 Å². The van der Waals surface area contributed by atoms with Crippen molar-refractivity contribution in [3.05, 3.63) is 89.1 Å². The molecule has 3 aromatic rings. The Hall–Kier alpha value is -3.18. The third-order valence-electron chi connectivity index (χ3n) is 4.84. The number of aryl methyl sites for hydroxylation is 1. The molecule has 0 radical (unpaired) electrons. The molecule has 1 amide bonds. The van der Waals surface area contributed by atoms with Gasteiger partial charge in [-0.15, -0.1) is 0 Å². The number of primary amides is 1. The summed E-state index contributed by atoms with van der Waals surface area (Å²) < 4.78 is 5.81. The lowest BCUT2D eigenvalue weighted by atomic mass is 9.98. The normalized spacial score (nSPS) is 15.3. The smallest absolute Gasteiger partial charge is 0.250 e. The van der Waals surface area contributed by atoms with Crippen molar-refractivity contribution >= 4 is 5.91 Å². The Morgan fingerprint density at radius 2 is 2.00 bits per heavy atom. The first kappa shape index (κ1) is 17.2. The van der Waals surface area contributed by atoms with Gasteiger partial charge < -0.3 is 15.8 Å². The van der Waals surface area contributed by atoms with Crippen molar-refractivity contribution in [2.75, 3.05) is 0 Å². The SMILES string of the molecule is NC(=O)c1ccc(Oc2ccc3c(c2)CNC3CCc2ccccc2)nc1. The fourth-order valence-electron chi connectivity index (χ4n) is 3.40. The zero-order valence-electron chi connectivity index (χ0n) is 14.9. The first-order valence-electron chi connectivity index (χ1n) is 9.03. The van der Waals surface area contributed by atoms with Crippen LogP contribution in [0.2, 0.25) is 0 Å².